The fourth-order valence-corrected chi connectivity index (χ4v) is 2.62. The van der Waals surface area contributed by atoms with E-state index < -0.39 is 0 Å². The van der Waals surface area contributed by atoms with Crippen LogP contribution in [-0.4, -0.2) is 11.8 Å². The van der Waals surface area contributed by atoms with Crippen LogP contribution in [0.5, 0.6) is 5.75 Å². The maximum Gasteiger partial charge on any atom is 0.222 e. The molecule has 5 heteroatoms. The number of anilines is 1. The van der Waals surface area contributed by atoms with Crippen molar-refractivity contribution >= 4 is 17.5 Å². The first-order valence-electron chi connectivity index (χ1n) is 5.84. The minimum atomic E-state index is 0.300. The third-order valence-electron chi connectivity index (χ3n) is 3.24. The number of hydrogen-bond donors (Lipinski definition) is 1. The summed E-state index contributed by atoms with van der Waals surface area (Å²) in [6.45, 7) is 2.77. The van der Waals surface area contributed by atoms with E-state index in [1.807, 2.05) is 13.0 Å². The monoisotopic (exact) mass is 264 g/mol. The smallest absolute Gasteiger partial charge is 0.222 e. The van der Waals surface area contributed by atoms with Crippen LogP contribution >= 0.6 is 11.6 Å². The van der Waals surface area contributed by atoms with Gasteiger partial charge >= 0.3 is 0 Å². The first kappa shape index (κ1) is 11.4. The van der Waals surface area contributed by atoms with E-state index in [0.29, 0.717) is 16.6 Å². The van der Waals surface area contributed by atoms with Crippen LogP contribution in [0, 0.1) is 6.92 Å². The molecule has 0 saturated heterocycles. The van der Waals surface area contributed by atoms with E-state index in [9.17, 15) is 0 Å². The van der Waals surface area contributed by atoms with Crippen LogP contribution in [0.15, 0.2) is 16.7 Å². The summed E-state index contributed by atoms with van der Waals surface area (Å²) < 4.78 is 10.5. The van der Waals surface area contributed by atoms with Crippen LogP contribution in [0.4, 0.5) is 5.88 Å². The molecule has 0 radical (unpaired) electrons. The van der Waals surface area contributed by atoms with Gasteiger partial charge in [-0.25, -0.2) is 0 Å². The van der Waals surface area contributed by atoms with Gasteiger partial charge in [0.05, 0.1) is 11.6 Å². The summed E-state index contributed by atoms with van der Waals surface area (Å²) in [6.07, 6.45) is 1.98. The van der Waals surface area contributed by atoms with Crippen molar-refractivity contribution < 1.29 is 9.26 Å². The van der Waals surface area contributed by atoms with Crippen molar-refractivity contribution in [3.05, 3.63) is 28.3 Å². The Morgan fingerprint density at radius 1 is 1.39 bits per heavy atom. The van der Waals surface area contributed by atoms with Gasteiger partial charge in [-0.1, -0.05) is 16.8 Å². The van der Waals surface area contributed by atoms with E-state index in [4.69, 9.17) is 26.6 Å². The summed E-state index contributed by atoms with van der Waals surface area (Å²) in [7, 11) is 0. The zero-order valence-corrected chi connectivity index (χ0v) is 10.8. The van der Waals surface area contributed by atoms with Crippen molar-refractivity contribution in [2.75, 3.05) is 12.3 Å². The molecule has 3 rings (SSSR count). The molecule has 4 nitrogen and oxygen atoms in total. The number of aromatic nitrogens is 1. The Kier molecular flexibility index (Phi) is 2.67. The number of nitrogens with zero attached hydrogens (tertiary/aromatic N) is 1. The van der Waals surface area contributed by atoms with Crippen molar-refractivity contribution in [3.63, 3.8) is 0 Å². The second kappa shape index (κ2) is 4.21. The van der Waals surface area contributed by atoms with Crippen molar-refractivity contribution in [2.45, 2.75) is 19.8 Å². The number of nitrogens with two attached hydrogens (primary N) is 1. The Labute approximate surface area is 110 Å². The van der Waals surface area contributed by atoms with E-state index in [1.54, 1.807) is 6.07 Å². The van der Waals surface area contributed by atoms with E-state index >= 15 is 0 Å². The molecule has 1 aromatic carbocycles. The first-order valence-corrected chi connectivity index (χ1v) is 6.22. The van der Waals surface area contributed by atoms with Gasteiger partial charge in [0.1, 0.15) is 11.4 Å². The predicted octanol–water partition coefficient (Wildman–Crippen LogP) is 3.21. The summed E-state index contributed by atoms with van der Waals surface area (Å²) >= 11 is 6.26. The Balaban J connectivity index is 2.19. The lowest BCUT2D eigenvalue weighted by molar-refractivity contribution is 0.288. The van der Waals surface area contributed by atoms with Crippen molar-refractivity contribution in [3.8, 4) is 17.0 Å². The third kappa shape index (κ3) is 1.73. The minimum Gasteiger partial charge on any atom is -0.492 e. The van der Waals surface area contributed by atoms with Gasteiger partial charge < -0.3 is 15.0 Å². The molecule has 1 aliphatic heterocycles. The number of halogens is 1. The van der Waals surface area contributed by atoms with Gasteiger partial charge in [0, 0.05) is 11.6 Å². The highest BCUT2D eigenvalue weighted by atomic mass is 35.5. The number of rotatable bonds is 1. The SMILES string of the molecule is Cc1c(-c2cc(N)on2)cc(Cl)c2c1CCCO2. The molecule has 0 spiro atoms. The molecule has 18 heavy (non-hydrogen) atoms. The van der Waals surface area contributed by atoms with Gasteiger partial charge in [-0.15, -0.1) is 0 Å². The molecule has 0 unspecified atom stereocenters. The topological polar surface area (TPSA) is 61.3 Å². The normalized spacial score (nSPS) is 14.1. The predicted molar refractivity (Wildman–Crippen MR) is 69.9 cm³/mol. The molecule has 0 atom stereocenters. The fraction of sp³-hybridized carbons (Fsp3) is 0.308. The molecule has 0 amide bonds. The van der Waals surface area contributed by atoms with Gasteiger partial charge in [0.15, 0.2) is 0 Å². The summed E-state index contributed by atoms with van der Waals surface area (Å²) in [5, 5.41) is 4.55. The number of nitrogen functional groups attached to an aromatic ring is 1. The van der Waals surface area contributed by atoms with Crippen LogP contribution in [0.3, 0.4) is 0 Å². The lowest BCUT2D eigenvalue weighted by atomic mass is 9.95. The number of hydrogen-bond acceptors (Lipinski definition) is 4. The highest BCUT2D eigenvalue weighted by molar-refractivity contribution is 6.32. The average Bonchev–Trinajstić information content (AvgIpc) is 2.80. The molecule has 2 aromatic rings. The molecule has 94 valence electrons. The van der Waals surface area contributed by atoms with Gasteiger partial charge in [0.25, 0.3) is 0 Å². The van der Waals surface area contributed by atoms with Crippen molar-refractivity contribution in [1.82, 2.24) is 5.16 Å². The molecular formula is C13H13ClN2O2. The molecule has 0 bridgehead atoms. The molecular weight excluding hydrogens is 252 g/mol. The van der Waals surface area contributed by atoms with Crippen LogP contribution in [0.1, 0.15) is 17.5 Å². The Morgan fingerprint density at radius 2 is 2.22 bits per heavy atom. The van der Waals surface area contributed by atoms with E-state index in [2.05, 4.69) is 5.16 Å². The zero-order valence-electron chi connectivity index (χ0n) is 10.00. The molecule has 0 aliphatic carbocycles. The maximum absolute atomic E-state index is 6.26. The second-order valence-corrected chi connectivity index (χ2v) is 4.81. The molecule has 0 saturated carbocycles. The van der Waals surface area contributed by atoms with Crippen molar-refractivity contribution in [1.29, 1.82) is 0 Å². The summed E-state index contributed by atoms with van der Waals surface area (Å²) in [5.74, 6) is 1.11. The first-order chi connectivity index (χ1) is 8.66. The van der Waals surface area contributed by atoms with Gasteiger partial charge in [-0.2, -0.15) is 0 Å². The standard InChI is InChI=1S/C13H13ClN2O2/c1-7-8-3-2-4-17-13(8)10(14)5-9(7)11-6-12(15)18-16-11/h5-6H,2-4,15H2,1H3. The molecule has 0 fully saturated rings. The molecule has 1 aromatic heterocycles. The molecule has 2 N–H and O–H groups in total. The molecule has 2 heterocycles. The number of fused-ring (bicyclic) bond motifs is 1. The lowest BCUT2D eigenvalue weighted by Crippen LogP contribution is -2.10. The van der Waals surface area contributed by atoms with Gasteiger partial charge in [-0.3, -0.25) is 0 Å². The summed E-state index contributed by atoms with van der Waals surface area (Å²) in [4.78, 5) is 0. The quantitative estimate of drug-likeness (QED) is 0.859. The Morgan fingerprint density at radius 3 is 2.94 bits per heavy atom. The third-order valence-corrected chi connectivity index (χ3v) is 3.52. The second-order valence-electron chi connectivity index (χ2n) is 4.41. The lowest BCUT2D eigenvalue weighted by Gasteiger charge is -2.22. The Hall–Kier alpha value is -1.68. The van der Waals surface area contributed by atoms with Crippen LogP contribution in [-0.2, 0) is 6.42 Å². The number of benzene rings is 1. The highest BCUT2D eigenvalue weighted by Crippen LogP contribution is 2.40. The van der Waals surface area contributed by atoms with Crippen LogP contribution in [0.25, 0.3) is 11.3 Å². The fourth-order valence-electron chi connectivity index (χ4n) is 2.34. The maximum atomic E-state index is 6.26. The minimum absolute atomic E-state index is 0.300. The zero-order chi connectivity index (χ0) is 12.7. The van der Waals surface area contributed by atoms with Gasteiger partial charge in [-0.05, 0) is 37.0 Å². The summed E-state index contributed by atoms with van der Waals surface area (Å²) in [6, 6.07) is 3.56. The average molecular weight is 265 g/mol. The number of ether oxygens (including phenoxy) is 1. The largest absolute Gasteiger partial charge is 0.492 e. The highest BCUT2D eigenvalue weighted by Gasteiger charge is 2.20. The van der Waals surface area contributed by atoms with E-state index in [0.717, 1.165) is 41.9 Å². The van der Waals surface area contributed by atoms with E-state index in [-0.39, 0.29) is 0 Å². The van der Waals surface area contributed by atoms with Crippen LogP contribution < -0.4 is 10.5 Å². The van der Waals surface area contributed by atoms with Crippen molar-refractivity contribution in [2.24, 2.45) is 0 Å². The Bertz CT molecular complexity index is 607. The van der Waals surface area contributed by atoms with E-state index in [1.165, 1.54) is 0 Å². The van der Waals surface area contributed by atoms with Gasteiger partial charge in [0.2, 0.25) is 5.88 Å². The van der Waals surface area contributed by atoms with Crippen LogP contribution in [0.2, 0.25) is 5.02 Å². The molecule has 1 aliphatic rings. The summed E-state index contributed by atoms with van der Waals surface area (Å²) in [5.41, 5.74) is 9.50.